The largest absolute Gasteiger partial charge is 0.319 e. The number of pyridine rings is 1. The monoisotopic (exact) mass is 345 g/mol. The zero-order valence-corrected chi connectivity index (χ0v) is 16.4. The summed E-state index contributed by atoms with van der Waals surface area (Å²) >= 11 is 0. The van der Waals surface area contributed by atoms with Crippen LogP contribution in [0.1, 0.15) is 43.2 Å². The van der Waals surface area contributed by atoms with Crippen LogP contribution in [0.4, 0.5) is 0 Å². The molecule has 0 amide bonds. The Morgan fingerprint density at radius 2 is 1.88 bits per heavy atom. The highest BCUT2D eigenvalue weighted by molar-refractivity contribution is 5.91. The SMILES string of the molecule is CC(=Cn1c2c(c3cc(C)ccc31)CN(C)CC2(C)C)c1ccncc1. The van der Waals surface area contributed by atoms with Crippen molar-refractivity contribution < 1.29 is 0 Å². The van der Waals surface area contributed by atoms with Crippen LogP contribution in [0.15, 0.2) is 42.7 Å². The first kappa shape index (κ1) is 17.0. The minimum atomic E-state index is 0.101. The molecule has 0 N–H and O–H groups in total. The molecule has 0 bridgehead atoms. The fourth-order valence-corrected chi connectivity index (χ4v) is 4.48. The van der Waals surface area contributed by atoms with Crippen LogP contribution >= 0.6 is 0 Å². The quantitative estimate of drug-likeness (QED) is 0.645. The molecule has 0 aliphatic carbocycles. The topological polar surface area (TPSA) is 21.1 Å². The maximum atomic E-state index is 4.15. The molecule has 0 spiro atoms. The number of aryl methyl sites for hydroxylation is 1. The van der Waals surface area contributed by atoms with E-state index in [4.69, 9.17) is 0 Å². The van der Waals surface area contributed by atoms with Gasteiger partial charge in [0.05, 0.1) is 5.52 Å². The number of rotatable bonds is 2. The third-order valence-electron chi connectivity index (χ3n) is 5.46. The highest BCUT2D eigenvalue weighted by atomic mass is 15.1. The Labute approximate surface area is 156 Å². The van der Waals surface area contributed by atoms with Gasteiger partial charge in [-0.05, 0) is 61.9 Å². The summed E-state index contributed by atoms with van der Waals surface area (Å²) in [7, 11) is 2.22. The van der Waals surface area contributed by atoms with E-state index in [9.17, 15) is 0 Å². The second kappa shape index (κ2) is 6.10. The highest BCUT2D eigenvalue weighted by Gasteiger charge is 2.35. The average molecular weight is 345 g/mol. The van der Waals surface area contributed by atoms with Crippen LogP contribution in [0.5, 0.6) is 0 Å². The van der Waals surface area contributed by atoms with Gasteiger partial charge in [-0.2, -0.15) is 0 Å². The van der Waals surface area contributed by atoms with Crippen molar-refractivity contribution in [2.75, 3.05) is 13.6 Å². The Hall–Kier alpha value is -2.39. The second-order valence-corrected chi connectivity index (χ2v) is 8.32. The summed E-state index contributed by atoms with van der Waals surface area (Å²) in [5, 5.41) is 1.39. The number of aromatic nitrogens is 2. The molecule has 2 aromatic heterocycles. The molecule has 4 rings (SSSR count). The smallest absolute Gasteiger partial charge is 0.0529 e. The van der Waals surface area contributed by atoms with Crippen molar-refractivity contribution in [1.82, 2.24) is 14.5 Å². The van der Waals surface area contributed by atoms with E-state index < -0.39 is 0 Å². The molecule has 134 valence electrons. The standard InChI is InChI=1S/C23H27N3/c1-16-6-7-21-19(12-16)20-14-25(5)15-23(3,4)22(20)26(21)13-17(2)18-8-10-24-11-9-18/h6-13H,14-15H2,1-5H3. The molecule has 0 fully saturated rings. The van der Waals surface area contributed by atoms with Crippen molar-refractivity contribution >= 4 is 22.7 Å². The Morgan fingerprint density at radius 1 is 1.15 bits per heavy atom. The lowest BCUT2D eigenvalue weighted by Crippen LogP contribution is -2.40. The van der Waals surface area contributed by atoms with Crippen LogP contribution in [0, 0.1) is 6.92 Å². The molecule has 3 nitrogen and oxygen atoms in total. The third-order valence-corrected chi connectivity index (χ3v) is 5.46. The van der Waals surface area contributed by atoms with Gasteiger partial charge in [0.2, 0.25) is 0 Å². The van der Waals surface area contributed by atoms with Crippen molar-refractivity contribution in [1.29, 1.82) is 0 Å². The van der Waals surface area contributed by atoms with E-state index >= 15 is 0 Å². The van der Waals surface area contributed by atoms with Crippen LogP contribution in [0.25, 0.3) is 22.7 Å². The number of hydrogen-bond donors (Lipinski definition) is 0. The number of hydrogen-bond acceptors (Lipinski definition) is 2. The van der Waals surface area contributed by atoms with Gasteiger partial charge in [-0.1, -0.05) is 25.5 Å². The Balaban J connectivity index is 2.01. The van der Waals surface area contributed by atoms with E-state index in [1.54, 1.807) is 0 Å². The molecule has 0 saturated carbocycles. The summed E-state index contributed by atoms with van der Waals surface area (Å²) in [6.45, 7) is 11.2. The summed E-state index contributed by atoms with van der Waals surface area (Å²) in [6, 6.07) is 11.0. The molecule has 0 radical (unpaired) electrons. The number of likely N-dealkylation sites (N-methyl/N-ethyl adjacent to an activating group) is 1. The van der Waals surface area contributed by atoms with E-state index in [1.807, 2.05) is 12.4 Å². The Morgan fingerprint density at radius 3 is 2.62 bits per heavy atom. The molecule has 3 heterocycles. The van der Waals surface area contributed by atoms with Crippen molar-refractivity contribution in [3.63, 3.8) is 0 Å². The summed E-state index contributed by atoms with van der Waals surface area (Å²) in [4.78, 5) is 6.58. The van der Waals surface area contributed by atoms with Crippen LogP contribution < -0.4 is 0 Å². The van der Waals surface area contributed by atoms with E-state index in [0.717, 1.165) is 13.1 Å². The van der Waals surface area contributed by atoms with Gasteiger partial charge in [0, 0.05) is 48.2 Å². The van der Waals surface area contributed by atoms with Gasteiger partial charge in [0.15, 0.2) is 0 Å². The van der Waals surface area contributed by atoms with Crippen molar-refractivity contribution in [3.8, 4) is 0 Å². The minimum absolute atomic E-state index is 0.101. The van der Waals surface area contributed by atoms with Crippen LogP contribution in [-0.4, -0.2) is 28.0 Å². The first-order valence-electron chi connectivity index (χ1n) is 9.28. The normalized spacial score (nSPS) is 17.5. The zero-order valence-electron chi connectivity index (χ0n) is 16.4. The zero-order chi connectivity index (χ0) is 18.5. The predicted octanol–water partition coefficient (Wildman–Crippen LogP) is 5.09. The van der Waals surface area contributed by atoms with Gasteiger partial charge < -0.3 is 9.47 Å². The molecule has 1 aromatic carbocycles. The fourth-order valence-electron chi connectivity index (χ4n) is 4.48. The molecule has 0 unspecified atom stereocenters. The fraction of sp³-hybridized carbons (Fsp3) is 0.348. The summed E-state index contributed by atoms with van der Waals surface area (Å²) < 4.78 is 2.44. The lowest BCUT2D eigenvalue weighted by Gasteiger charge is -2.37. The molecule has 3 heteroatoms. The number of fused-ring (bicyclic) bond motifs is 3. The highest BCUT2D eigenvalue weighted by Crippen LogP contribution is 2.40. The van der Waals surface area contributed by atoms with Crippen molar-refractivity contribution in [2.24, 2.45) is 0 Å². The summed E-state index contributed by atoms with van der Waals surface area (Å²) in [5.74, 6) is 0. The van der Waals surface area contributed by atoms with E-state index in [0.29, 0.717) is 0 Å². The lowest BCUT2D eigenvalue weighted by molar-refractivity contribution is 0.232. The van der Waals surface area contributed by atoms with Crippen molar-refractivity contribution in [3.05, 3.63) is 65.1 Å². The molecular formula is C23H27N3. The van der Waals surface area contributed by atoms with Gasteiger partial charge in [0.1, 0.15) is 0 Å². The van der Waals surface area contributed by atoms with Gasteiger partial charge >= 0.3 is 0 Å². The van der Waals surface area contributed by atoms with Crippen LogP contribution in [-0.2, 0) is 12.0 Å². The molecule has 0 saturated heterocycles. The number of allylic oxidation sites excluding steroid dienone is 1. The Bertz CT molecular complexity index is 993. The first-order chi connectivity index (χ1) is 12.4. The molecule has 3 aromatic rings. The maximum Gasteiger partial charge on any atom is 0.0529 e. The maximum absolute atomic E-state index is 4.15. The van der Waals surface area contributed by atoms with E-state index in [1.165, 1.54) is 38.9 Å². The second-order valence-electron chi connectivity index (χ2n) is 8.32. The van der Waals surface area contributed by atoms with Crippen LogP contribution in [0.2, 0.25) is 0 Å². The summed E-state index contributed by atoms with van der Waals surface area (Å²) in [6.07, 6.45) is 6.02. The van der Waals surface area contributed by atoms with Gasteiger partial charge in [0.25, 0.3) is 0 Å². The van der Waals surface area contributed by atoms with E-state index in [2.05, 4.69) is 85.7 Å². The predicted molar refractivity (Wildman–Crippen MR) is 110 cm³/mol. The van der Waals surface area contributed by atoms with Gasteiger partial charge in [-0.25, -0.2) is 0 Å². The Kier molecular flexibility index (Phi) is 4.00. The van der Waals surface area contributed by atoms with Gasteiger partial charge in [-0.3, -0.25) is 4.98 Å². The van der Waals surface area contributed by atoms with E-state index in [-0.39, 0.29) is 5.41 Å². The minimum Gasteiger partial charge on any atom is -0.319 e. The summed E-state index contributed by atoms with van der Waals surface area (Å²) in [5.41, 5.74) is 8.11. The van der Waals surface area contributed by atoms with Crippen LogP contribution in [0.3, 0.4) is 0 Å². The first-order valence-corrected chi connectivity index (χ1v) is 9.28. The molecular weight excluding hydrogens is 318 g/mol. The number of benzene rings is 1. The third kappa shape index (κ3) is 2.77. The number of nitrogens with zero attached hydrogens (tertiary/aromatic N) is 3. The lowest BCUT2D eigenvalue weighted by atomic mass is 9.82. The van der Waals surface area contributed by atoms with Gasteiger partial charge in [-0.15, -0.1) is 0 Å². The molecule has 1 aliphatic heterocycles. The molecule has 0 atom stereocenters. The van der Waals surface area contributed by atoms with Crippen molar-refractivity contribution in [2.45, 2.75) is 39.7 Å². The average Bonchev–Trinajstić information content (AvgIpc) is 2.89. The molecule has 26 heavy (non-hydrogen) atoms. The molecule has 1 aliphatic rings.